The van der Waals surface area contributed by atoms with Crippen LogP contribution in [0.25, 0.3) is 16.7 Å². The molecular weight excluding hydrogens is 260 g/mol. The number of rotatable bonds is 1. The molecule has 3 rings (SSSR count). The third kappa shape index (κ3) is 1.81. The lowest BCUT2D eigenvalue weighted by atomic mass is 10.2. The van der Waals surface area contributed by atoms with E-state index in [1.54, 1.807) is 28.8 Å². The van der Waals surface area contributed by atoms with E-state index in [0.29, 0.717) is 16.5 Å². The summed E-state index contributed by atoms with van der Waals surface area (Å²) in [4.78, 5) is 4.28. The lowest BCUT2D eigenvalue weighted by Gasteiger charge is -2.08. The molecule has 0 unspecified atom stereocenters. The van der Waals surface area contributed by atoms with Gasteiger partial charge in [0.15, 0.2) is 0 Å². The van der Waals surface area contributed by atoms with E-state index in [1.165, 1.54) is 0 Å². The van der Waals surface area contributed by atoms with Crippen molar-refractivity contribution in [2.45, 2.75) is 0 Å². The first-order chi connectivity index (χ1) is 9.20. The fourth-order valence-electron chi connectivity index (χ4n) is 2.05. The van der Waals surface area contributed by atoms with Crippen molar-refractivity contribution in [3.8, 4) is 11.8 Å². The summed E-state index contributed by atoms with van der Waals surface area (Å²) in [7, 11) is 0. The fraction of sp³-hybridized carbons (Fsp3) is 0. The summed E-state index contributed by atoms with van der Waals surface area (Å²) < 4.78 is 1.75. The molecule has 3 aromatic rings. The van der Waals surface area contributed by atoms with Gasteiger partial charge < -0.3 is 5.73 Å². The number of nitriles is 1. The molecule has 1 heterocycles. The van der Waals surface area contributed by atoms with Gasteiger partial charge in [0, 0.05) is 0 Å². The zero-order chi connectivity index (χ0) is 13.4. The highest BCUT2D eigenvalue weighted by Crippen LogP contribution is 2.28. The Morgan fingerprint density at radius 1 is 1.21 bits per heavy atom. The molecule has 0 amide bonds. The molecule has 0 radical (unpaired) electrons. The van der Waals surface area contributed by atoms with Crippen LogP contribution in [0.2, 0.25) is 5.02 Å². The number of para-hydroxylation sites is 1. The van der Waals surface area contributed by atoms with E-state index in [4.69, 9.17) is 22.6 Å². The number of nitrogens with two attached hydrogens (primary N) is 1. The van der Waals surface area contributed by atoms with Crippen molar-refractivity contribution in [2.24, 2.45) is 0 Å². The van der Waals surface area contributed by atoms with Gasteiger partial charge in [-0.3, -0.25) is 4.57 Å². The monoisotopic (exact) mass is 268 g/mol. The van der Waals surface area contributed by atoms with Crippen LogP contribution in [0, 0.1) is 11.3 Å². The van der Waals surface area contributed by atoms with E-state index < -0.39 is 0 Å². The lowest BCUT2D eigenvalue weighted by molar-refractivity contribution is 1.11. The second-order valence-electron chi connectivity index (χ2n) is 4.07. The number of fused-ring (bicyclic) bond motifs is 1. The first-order valence-electron chi connectivity index (χ1n) is 5.63. The summed E-state index contributed by atoms with van der Waals surface area (Å²) in [6, 6.07) is 14.7. The molecule has 0 saturated carbocycles. The van der Waals surface area contributed by atoms with Gasteiger partial charge >= 0.3 is 0 Å². The van der Waals surface area contributed by atoms with Crippen LogP contribution in [0.15, 0.2) is 42.5 Å². The van der Waals surface area contributed by atoms with E-state index in [2.05, 4.69) is 11.1 Å². The summed E-state index contributed by atoms with van der Waals surface area (Å²) in [5.41, 5.74) is 8.76. The number of nitrogen functional groups attached to an aromatic ring is 1. The van der Waals surface area contributed by atoms with Crippen molar-refractivity contribution in [1.82, 2.24) is 9.55 Å². The molecule has 0 fully saturated rings. The molecule has 0 aliphatic rings. The zero-order valence-corrected chi connectivity index (χ0v) is 10.6. The van der Waals surface area contributed by atoms with E-state index in [0.717, 1.165) is 16.7 Å². The highest BCUT2D eigenvalue weighted by atomic mass is 35.5. The minimum atomic E-state index is 0.346. The molecule has 2 aromatic carbocycles. The van der Waals surface area contributed by atoms with Crippen LogP contribution < -0.4 is 5.73 Å². The van der Waals surface area contributed by atoms with Crippen molar-refractivity contribution >= 4 is 28.6 Å². The summed E-state index contributed by atoms with van der Waals surface area (Å²) >= 11 is 6.19. The first-order valence-corrected chi connectivity index (χ1v) is 6.01. The molecule has 1 aromatic heterocycles. The third-order valence-electron chi connectivity index (χ3n) is 2.90. The van der Waals surface area contributed by atoms with Crippen molar-refractivity contribution in [2.75, 3.05) is 5.73 Å². The normalized spacial score (nSPS) is 10.5. The van der Waals surface area contributed by atoms with Gasteiger partial charge in [0.25, 0.3) is 0 Å². The Morgan fingerprint density at radius 3 is 2.74 bits per heavy atom. The quantitative estimate of drug-likeness (QED) is 0.737. The Hall–Kier alpha value is -2.51. The van der Waals surface area contributed by atoms with Gasteiger partial charge in [-0.1, -0.05) is 23.7 Å². The molecule has 0 aliphatic heterocycles. The lowest BCUT2D eigenvalue weighted by Crippen LogP contribution is -2.01. The Kier molecular flexibility index (Phi) is 2.62. The summed E-state index contributed by atoms with van der Waals surface area (Å²) in [6.45, 7) is 0. The predicted molar refractivity (Wildman–Crippen MR) is 75.2 cm³/mol. The number of nitrogens with zero attached hydrogens (tertiary/aromatic N) is 3. The highest BCUT2D eigenvalue weighted by molar-refractivity contribution is 6.32. The molecule has 5 heteroatoms. The second-order valence-corrected chi connectivity index (χ2v) is 4.48. The first kappa shape index (κ1) is 11.6. The fourth-order valence-corrected chi connectivity index (χ4v) is 2.27. The van der Waals surface area contributed by atoms with Crippen LogP contribution in [-0.4, -0.2) is 9.55 Å². The van der Waals surface area contributed by atoms with Crippen LogP contribution >= 0.6 is 11.6 Å². The van der Waals surface area contributed by atoms with Gasteiger partial charge in [-0.05, 0) is 30.3 Å². The Bertz CT molecular complexity index is 814. The van der Waals surface area contributed by atoms with Crippen LogP contribution in [-0.2, 0) is 0 Å². The molecule has 0 saturated heterocycles. The molecule has 92 valence electrons. The van der Waals surface area contributed by atoms with Gasteiger partial charge in [0.2, 0.25) is 5.95 Å². The predicted octanol–water partition coefficient (Wildman–Crippen LogP) is 3.13. The Balaban J connectivity index is 2.38. The maximum absolute atomic E-state index is 8.98. The van der Waals surface area contributed by atoms with Crippen LogP contribution in [0.4, 0.5) is 5.95 Å². The minimum absolute atomic E-state index is 0.346. The van der Waals surface area contributed by atoms with E-state index in [1.807, 2.05) is 18.2 Å². The van der Waals surface area contributed by atoms with Gasteiger partial charge in [-0.15, -0.1) is 0 Å². The maximum atomic E-state index is 8.98. The average molecular weight is 269 g/mol. The number of imidazole rings is 1. The molecular formula is C14H9ClN4. The number of aromatic nitrogens is 2. The minimum Gasteiger partial charge on any atom is -0.369 e. The van der Waals surface area contributed by atoms with Crippen molar-refractivity contribution in [1.29, 1.82) is 5.26 Å². The SMILES string of the molecule is N#Cc1ccc2nc(N)n(-c3ccccc3Cl)c2c1. The second kappa shape index (κ2) is 4.30. The molecule has 2 N–H and O–H groups in total. The molecule has 4 nitrogen and oxygen atoms in total. The number of anilines is 1. The molecule has 0 atom stereocenters. The smallest absolute Gasteiger partial charge is 0.205 e. The van der Waals surface area contributed by atoms with Gasteiger partial charge in [0.05, 0.1) is 33.4 Å². The molecule has 19 heavy (non-hydrogen) atoms. The van der Waals surface area contributed by atoms with Crippen LogP contribution in [0.5, 0.6) is 0 Å². The van der Waals surface area contributed by atoms with Gasteiger partial charge in [-0.2, -0.15) is 5.26 Å². The number of hydrogen-bond donors (Lipinski definition) is 1. The maximum Gasteiger partial charge on any atom is 0.205 e. The van der Waals surface area contributed by atoms with Crippen molar-refractivity contribution in [3.63, 3.8) is 0 Å². The standard InChI is InChI=1S/C14H9ClN4/c15-10-3-1-2-4-12(10)19-13-7-9(8-16)5-6-11(13)18-14(19)17/h1-7H,(H2,17,18). The molecule has 0 spiro atoms. The Labute approximate surface area is 114 Å². The highest BCUT2D eigenvalue weighted by Gasteiger charge is 2.12. The van der Waals surface area contributed by atoms with E-state index >= 15 is 0 Å². The Morgan fingerprint density at radius 2 is 2.00 bits per heavy atom. The van der Waals surface area contributed by atoms with Crippen LogP contribution in [0.3, 0.4) is 0 Å². The molecule has 0 aliphatic carbocycles. The van der Waals surface area contributed by atoms with E-state index in [-0.39, 0.29) is 0 Å². The zero-order valence-electron chi connectivity index (χ0n) is 9.84. The van der Waals surface area contributed by atoms with Gasteiger partial charge in [0.1, 0.15) is 0 Å². The summed E-state index contributed by atoms with van der Waals surface area (Å²) in [5.74, 6) is 0.346. The van der Waals surface area contributed by atoms with Crippen LogP contribution in [0.1, 0.15) is 5.56 Å². The largest absolute Gasteiger partial charge is 0.369 e. The van der Waals surface area contributed by atoms with Crippen molar-refractivity contribution < 1.29 is 0 Å². The third-order valence-corrected chi connectivity index (χ3v) is 3.22. The average Bonchev–Trinajstić information content (AvgIpc) is 2.74. The summed E-state index contributed by atoms with van der Waals surface area (Å²) in [6.07, 6.45) is 0. The number of hydrogen-bond acceptors (Lipinski definition) is 3. The number of benzene rings is 2. The summed E-state index contributed by atoms with van der Waals surface area (Å²) in [5, 5.41) is 9.56. The van der Waals surface area contributed by atoms with Crippen molar-refractivity contribution in [3.05, 3.63) is 53.1 Å². The number of halogens is 1. The van der Waals surface area contributed by atoms with Gasteiger partial charge in [-0.25, -0.2) is 4.98 Å². The topological polar surface area (TPSA) is 67.6 Å². The molecule has 0 bridgehead atoms. The van der Waals surface area contributed by atoms with E-state index in [9.17, 15) is 0 Å².